The average Bonchev–Trinajstić information content (AvgIpc) is 2.29. The van der Waals surface area contributed by atoms with Gasteiger partial charge in [-0.25, -0.2) is 13.1 Å². The van der Waals surface area contributed by atoms with Gasteiger partial charge in [0.2, 0.25) is 10.0 Å². The van der Waals surface area contributed by atoms with Crippen LogP contribution in [0.5, 0.6) is 0 Å². The fourth-order valence-corrected chi connectivity index (χ4v) is 2.76. The number of nitrogens with one attached hydrogen (secondary N) is 1. The van der Waals surface area contributed by atoms with Gasteiger partial charge < -0.3 is 0 Å². The number of hydrogen-bond acceptors (Lipinski definition) is 4. The Labute approximate surface area is 106 Å². The lowest BCUT2D eigenvalue weighted by atomic mass is 10.2. The van der Waals surface area contributed by atoms with Crippen molar-refractivity contribution in [2.75, 3.05) is 18.6 Å². The first kappa shape index (κ1) is 14.2. The van der Waals surface area contributed by atoms with Gasteiger partial charge in [0.15, 0.2) is 5.78 Å². The van der Waals surface area contributed by atoms with Crippen LogP contribution in [0.1, 0.15) is 17.3 Å². The van der Waals surface area contributed by atoms with Crippen LogP contribution < -0.4 is 4.72 Å². The van der Waals surface area contributed by atoms with Gasteiger partial charge >= 0.3 is 0 Å². The zero-order chi connectivity index (χ0) is 12.9. The lowest BCUT2D eigenvalue weighted by Crippen LogP contribution is -2.26. The van der Waals surface area contributed by atoms with Crippen molar-refractivity contribution in [3.8, 4) is 0 Å². The number of Topliss-reactive ketones (excluding diaryl/α,β-unsaturated/α-hetero) is 1. The summed E-state index contributed by atoms with van der Waals surface area (Å²) < 4.78 is 26.2. The molecular formula is C11H15NO3S2. The quantitative estimate of drug-likeness (QED) is 0.630. The molecule has 94 valence electrons. The van der Waals surface area contributed by atoms with E-state index in [2.05, 4.69) is 4.72 Å². The van der Waals surface area contributed by atoms with Crippen molar-refractivity contribution in [2.45, 2.75) is 11.8 Å². The first-order valence-corrected chi connectivity index (χ1v) is 7.94. The molecule has 0 aliphatic rings. The van der Waals surface area contributed by atoms with E-state index in [-0.39, 0.29) is 10.7 Å². The summed E-state index contributed by atoms with van der Waals surface area (Å²) >= 11 is 1.56. The molecule has 1 aromatic carbocycles. The zero-order valence-corrected chi connectivity index (χ0v) is 11.4. The Morgan fingerprint density at radius 3 is 2.71 bits per heavy atom. The van der Waals surface area contributed by atoms with Crippen LogP contribution in [0.15, 0.2) is 29.2 Å². The molecule has 1 N–H and O–H groups in total. The van der Waals surface area contributed by atoms with Crippen molar-refractivity contribution in [3.05, 3.63) is 29.8 Å². The maximum absolute atomic E-state index is 11.9. The summed E-state index contributed by atoms with van der Waals surface area (Å²) in [5, 5.41) is 0. The summed E-state index contributed by atoms with van der Waals surface area (Å²) in [6, 6.07) is 6.04. The molecule has 0 aliphatic carbocycles. The van der Waals surface area contributed by atoms with Crippen LogP contribution >= 0.6 is 11.8 Å². The van der Waals surface area contributed by atoms with E-state index in [0.29, 0.717) is 17.9 Å². The molecule has 0 amide bonds. The Kier molecular flexibility index (Phi) is 5.17. The first-order valence-electron chi connectivity index (χ1n) is 5.07. The fraction of sp³-hybridized carbons (Fsp3) is 0.364. The Bertz CT molecular complexity index is 497. The predicted molar refractivity (Wildman–Crippen MR) is 70.0 cm³/mol. The molecule has 0 heterocycles. The number of sulfonamides is 1. The molecular weight excluding hydrogens is 258 g/mol. The summed E-state index contributed by atoms with van der Waals surface area (Å²) in [5.74, 6) is 0.567. The third-order valence-electron chi connectivity index (χ3n) is 2.15. The van der Waals surface area contributed by atoms with Gasteiger partial charge in [-0.05, 0) is 25.3 Å². The fourth-order valence-electron chi connectivity index (χ4n) is 1.24. The number of benzene rings is 1. The maximum Gasteiger partial charge on any atom is 0.240 e. The van der Waals surface area contributed by atoms with E-state index in [9.17, 15) is 13.2 Å². The molecule has 1 aromatic rings. The van der Waals surface area contributed by atoms with Gasteiger partial charge in [-0.1, -0.05) is 12.1 Å². The number of ketones is 1. The minimum Gasteiger partial charge on any atom is -0.295 e. The molecule has 0 bridgehead atoms. The van der Waals surface area contributed by atoms with Crippen molar-refractivity contribution in [1.82, 2.24) is 4.72 Å². The van der Waals surface area contributed by atoms with Gasteiger partial charge in [-0.3, -0.25) is 4.79 Å². The highest BCUT2D eigenvalue weighted by molar-refractivity contribution is 7.98. The number of hydrogen-bond donors (Lipinski definition) is 1. The molecule has 17 heavy (non-hydrogen) atoms. The zero-order valence-electron chi connectivity index (χ0n) is 9.76. The summed E-state index contributed by atoms with van der Waals surface area (Å²) in [7, 11) is -3.50. The van der Waals surface area contributed by atoms with Crippen molar-refractivity contribution >= 4 is 27.6 Å². The number of carbonyl (C=O) groups is 1. The normalized spacial score (nSPS) is 11.4. The van der Waals surface area contributed by atoms with Crippen LogP contribution in [0.4, 0.5) is 0 Å². The van der Waals surface area contributed by atoms with E-state index in [1.165, 1.54) is 19.1 Å². The van der Waals surface area contributed by atoms with E-state index in [1.807, 2.05) is 6.26 Å². The lowest BCUT2D eigenvalue weighted by Gasteiger charge is -2.06. The first-order chi connectivity index (χ1) is 7.97. The highest BCUT2D eigenvalue weighted by Gasteiger charge is 2.14. The molecule has 0 saturated heterocycles. The SMILES string of the molecule is CSCCNS(=O)(=O)c1cccc(C(C)=O)c1. The van der Waals surface area contributed by atoms with Crippen LogP contribution in [0.3, 0.4) is 0 Å². The molecule has 0 spiro atoms. The van der Waals surface area contributed by atoms with Crippen molar-refractivity contribution < 1.29 is 13.2 Å². The van der Waals surface area contributed by atoms with Crippen LogP contribution in [0.2, 0.25) is 0 Å². The Hall–Kier alpha value is -0.850. The number of rotatable bonds is 6. The number of thioether (sulfide) groups is 1. The van der Waals surface area contributed by atoms with Crippen molar-refractivity contribution in [1.29, 1.82) is 0 Å². The molecule has 6 heteroatoms. The largest absolute Gasteiger partial charge is 0.295 e. The third-order valence-corrected chi connectivity index (χ3v) is 4.22. The smallest absolute Gasteiger partial charge is 0.240 e. The van der Waals surface area contributed by atoms with Crippen LogP contribution in [0, 0.1) is 0 Å². The maximum atomic E-state index is 11.9. The van der Waals surface area contributed by atoms with E-state index in [0.717, 1.165) is 0 Å². The van der Waals surface area contributed by atoms with Crippen LogP contribution in [-0.4, -0.2) is 32.8 Å². The highest BCUT2D eigenvalue weighted by Crippen LogP contribution is 2.11. The molecule has 4 nitrogen and oxygen atoms in total. The molecule has 0 unspecified atom stereocenters. The topological polar surface area (TPSA) is 63.2 Å². The Balaban J connectivity index is 2.91. The monoisotopic (exact) mass is 273 g/mol. The Morgan fingerprint density at radius 2 is 2.12 bits per heavy atom. The van der Waals surface area contributed by atoms with Gasteiger partial charge in [0.25, 0.3) is 0 Å². The van der Waals surface area contributed by atoms with E-state index in [4.69, 9.17) is 0 Å². The van der Waals surface area contributed by atoms with Gasteiger partial charge in [0.05, 0.1) is 4.90 Å². The van der Waals surface area contributed by atoms with Crippen molar-refractivity contribution in [3.63, 3.8) is 0 Å². The second-order valence-corrected chi connectivity index (χ2v) is 6.23. The number of carbonyl (C=O) groups excluding carboxylic acids is 1. The second-order valence-electron chi connectivity index (χ2n) is 3.47. The van der Waals surface area contributed by atoms with Gasteiger partial charge in [0.1, 0.15) is 0 Å². The summed E-state index contributed by atoms with van der Waals surface area (Å²) in [4.78, 5) is 11.3. The summed E-state index contributed by atoms with van der Waals surface area (Å²) in [5.41, 5.74) is 0.401. The molecule has 0 radical (unpaired) electrons. The predicted octanol–water partition coefficient (Wildman–Crippen LogP) is 1.53. The Morgan fingerprint density at radius 1 is 1.41 bits per heavy atom. The van der Waals surface area contributed by atoms with Crippen LogP contribution in [-0.2, 0) is 10.0 Å². The summed E-state index contributed by atoms with van der Waals surface area (Å²) in [6.07, 6.45) is 1.91. The molecule has 0 saturated carbocycles. The van der Waals surface area contributed by atoms with Gasteiger partial charge in [0, 0.05) is 17.9 Å². The minimum atomic E-state index is -3.50. The van der Waals surface area contributed by atoms with E-state index < -0.39 is 10.0 Å². The van der Waals surface area contributed by atoms with Gasteiger partial charge in [-0.15, -0.1) is 0 Å². The lowest BCUT2D eigenvalue weighted by molar-refractivity contribution is 0.101. The van der Waals surface area contributed by atoms with E-state index in [1.54, 1.807) is 23.9 Å². The highest BCUT2D eigenvalue weighted by atomic mass is 32.2. The molecule has 1 rings (SSSR count). The third kappa shape index (κ3) is 4.14. The molecule has 0 atom stereocenters. The van der Waals surface area contributed by atoms with E-state index >= 15 is 0 Å². The van der Waals surface area contributed by atoms with Crippen molar-refractivity contribution in [2.24, 2.45) is 0 Å². The second kappa shape index (κ2) is 6.18. The summed E-state index contributed by atoms with van der Waals surface area (Å²) in [6.45, 7) is 1.79. The van der Waals surface area contributed by atoms with Gasteiger partial charge in [-0.2, -0.15) is 11.8 Å². The van der Waals surface area contributed by atoms with Crippen LogP contribution in [0.25, 0.3) is 0 Å². The molecule has 0 aromatic heterocycles. The molecule has 0 aliphatic heterocycles. The average molecular weight is 273 g/mol. The molecule has 0 fully saturated rings. The minimum absolute atomic E-state index is 0.131. The standard InChI is InChI=1S/C11H15NO3S2/c1-9(13)10-4-3-5-11(8-10)17(14,15)12-6-7-16-2/h3-5,8,12H,6-7H2,1-2H3.